The Hall–Kier alpha value is -1.06. The van der Waals surface area contributed by atoms with Gasteiger partial charge in [0.25, 0.3) is 0 Å². The van der Waals surface area contributed by atoms with Crippen molar-refractivity contribution in [2.45, 2.75) is 46.0 Å². The van der Waals surface area contributed by atoms with E-state index in [0.717, 1.165) is 12.8 Å². The Morgan fingerprint density at radius 2 is 2.00 bits per heavy atom. The van der Waals surface area contributed by atoms with E-state index in [-0.39, 0.29) is 24.7 Å². The highest BCUT2D eigenvalue weighted by atomic mass is 16.4. The summed E-state index contributed by atoms with van der Waals surface area (Å²) in [4.78, 5) is 21.2. The molecular weight excluding hydrogens is 194 g/mol. The molecule has 4 heteroatoms. The van der Waals surface area contributed by atoms with E-state index in [2.05, 4.69) is 13.8 Å². The topological polar surface area (TPSA) is 80.4 Å². The van der Waals surface area contributed by atoms with Crippen molar-refractivity contribution in [2.24, 2.45) is 17.6 Å². The van der Waals surface area contributed by atoms with Crippen LogP contribution in [0, 0.1) is 11.8 Å². The highest BCUT2D eigenvalue weighted by molar-refractivity contribution is 5.73. The lowest BCUT2D eigenvalue weighted by atomic mass is 9.88. The monoisotopic (exact) mass is 215 g/mol. The molecule has 88 valence electrons. The third-order valence-electron chi connectivity index (χ3n) is 2.69. The van der Waals surface area contributed by atoms with Crippen LogP contribution in [0.2, 0.25) is 0 Å². The van der Waals surface area contributed by atoms with E-state index in [1.165, 1.54) is 0 Å². The molecule has 0 fully saturated rings. The molecule has 0 bridgehead atoms. The van der Waals surface area contributed by atoms with Gasteiger partial charge in [-0.25, -0.2) is 0 Å². The maximum Gasteiger partial charge on any atom is 0.303 e. The SMILES string of the molecule is CCC(C)C[C@@H](CCC(N)=O)CC(=O)O. The summed E-state index contributed by atoms with van der Waals surface area (Å²) < 4.78 is 0. The van der Waals surface area contributed by atoms with Crippen LogP contribution in [0.5, 0.6) is 0 Å². The maximum absolute atomic E-state index is 10.6. The van der Waals surface area contributed by atoms with Gasteiger partial charge in [-0.05, 0) is 24.7 Å². The molecule has 0 saturated carbocycles. The van der Waals surface area contributed by atoms with Crippen molar-refractivity contribution in [3.05, 3.63) is 0 Å². The summed E-state index contributed by atoms with van der Waals surface area (Å²) in [6, 6.07) is 0. The smallest absolute Gasteiger partial charge is 0.303 e. The minimum Gasteiger partial charge on any atom is -0.481 e. The van der Waals surface area contributed by atoms with Gasteiger partial charge in [-0.1, -0.05) is 20.3 Å². The Bertz CT molecular complexity index is 216. The fourth-order valence-electron chi connectivity index (χ4n) is 1.63. The number of primary amides is 1. The largest absolute Gasteiger partial charge is 0.481 e. The minimum absolute atomic E-state index is 0.0740. The molecule has 4 nitrogen and oxygen atoms in total. The standard InChI is InChI=1S/C11H21NO3/c1-3-8(2)6-9(7-11(14)15)4-5-10(12)13/h8-9H,3-7H2,1-2H3,(H2,12,13)(H,14,15)/t8?,9-/m1/s1. The summed E-state index contributed by atoms with van der Waals surface area (Å²) >= 11 is 0. The average molecular weight is 215 g/mol. The molecule has 0 aliphatic carbocycles. The fraction of sp³-hybridized carbons (Fsp3) is 0.818. The number of carboxylic acid groups (broad SMARTS) is 1. The lowest BCUT2D eigenvalue weighted by molar-refractivity contribution is -0.138. The van der Waals surface area contributed by atoms with E-state index in [9.17, 15) is 9.59 Å². The maximum atomic E-state index is 10.6. The Morgan fingerprint density at radius 1 is 1.40 bits per heavy atom. The lowest BCUT2D eigenvalue weighted by Crippen LogP contribution is -2.16. The van der Waals surface area contributed by atoms with Crippen LogP contribution in [0.15, 0.2) is 0 Å². The zero-order valence-corrected chi connectivity index (χ0v) is 9.53. The first kappa shape index (κ1) is 13.9. The second-order valence-electron chi connectivity index (χ2n) is 4.22. The van der Waals surface area contributed by atoms with Crippen molar-refractivity contribution in [1.29, 1.82) is 0 Å². The molecule has 1 unspecified atom stereocenters. The molecule has 0 rings (SSSR count). The molecule has 1 amide bonds. The molecule has 2 atom stereocenters. The third kappa shape index (κ3) is 7.97. The Labute approximate surface area is 90.8 Å². The third-order valence-corrected chi connectivity index (χ3v) is 2.69. The predicted molar refractivity (Wildman–Crippen MR) is 58.2 cm³/mol. The van der Waals surface area contributed by atoms with Crippen LogP contribution < -0.4 is 5.73 Å². The summed E-state index contributed by atoms with van der Waals surface area (Å²) in [6.45, 7) is 4.18. The second kappa shape index (κ2) is 7.26. The number of hydrogen-bond donors (Lipinski definition) is 2. The van der Waals surface area contributed by atoms with Gasteiger partial charge in [0.1, 0.15) is 0 Å². The molecule has 3 N–H and O–H groups in total. The van der Waals surface area contributed by atoms with Crippen LogP contribution in [0.3, 0.4) is 0 Å². The number of amides is 1. The molecule has 0 spiro atoms. The summed E-state index contributed by atoms with van der Waals surface area (Å²) in [5.74, 6) is -0.575. The Balaban J connectivity index is 4.05. The van der Waals surface area contributed by atoms with Gasteiger partial charge in [-0.15, -0.1) is 0 Å². The number of carboxylic acids is 1. The quantitative estimate of drug-likeness (QED) is 0.647. The van der Waals surface area contributed by atoms with Gasteiger partial charge in [0, 0.05) is 12.8 Å². The summed E-state index contributed by atoms with van der Waals surface area (Å²) in [6.07, 6.45) is 2.90. The molecule has 0 aromatic heterocycles. The van der Waals surface area contributed by atoms with E-state index in [0.29, 0.717) is 12.3 Å². The van der Waals surface area contributed by atoms with E-state index < -0.39 is 5.97 Å². The molecule has 15 heavy (non-hydrogen) atoms. The molecule has 0 heterocycles. The molecule has 0 aliphatic heterocycles. The van der Waals surface area contributed by atoms with Crippen LogP contribution in [0.25, 0.3) is 0 Å². The molecule has 0 aromatic carbocycles. The minimum atomic E-state index is -0.798. The average Bonchev–Trinajstić information content (AvgIpc) is 2.13. The molecule has 0 aromatic rings. The number of aliphatic carboxylic acids is 1. The number of carbonyl (C=O) groups excluding carboxylic acids is 1. The highest BCUT2D eigenvalue weighted by Crippen LogP contribution is 2.22. The summed E-state index contributed by atoms with van der Waals surface area (Å²) in [5, 5.41) is 8.72. The lowest BCUT2D eigenvalue weighted by Gasteiger charge is -2.17. The number of hydrogen-bond acceptors (Lipinski definition) is 2. The first-order valence-corrected chi connectivity index (χ1v) is 5.45. The molecule has 0 radical (unpaired) electrons. The van der Waals surface area contributed by atoms with Crippen molar-refractivity contribution in [1.82, 2.24) is 0 Å². The van der Waals surface area contributed by atoms with Crippen molar-refractivity contribution in [3.8, 4) is 0 Å². The molecule has 0 aliphatic rings. The van der Waals surface area contributed by atoms with Crippen LogP contribution in [-0.4, -0.2) is 17.0 Å². The molecule has 0 saturated heterocycles. The molecular formula is C11H21NO3. The van der Waals surface area contributed by atoms with Crippen LogP contribution in [-0.2, 0) is 9.59 Å². The van der Waals surface area contributed by atoms with Gasteiger partial charge in [0.2, 0.25) is 5.91 Å². The zero-order valence-electron chi connectivity index (χ0n) is 9.53. The number of rotatable bonds is 8. The van der Waals surface area contributed by atoms with Gasteiger partial charge < -0.3 is 10.8 Å². The van der Waals surface area contributed by atoms with Crippen molar-refractivity contribution in [3.63, 3.8) is 0 Å². The summed E-state index contributed by atoms with van der Waals surface area (Å²) in [5.41, 5.74) is 5.05. The van der Waals surface area contributed by atoms with Crippen LogP contribution in [0.1, 0.15) is 46.0 Å². The van der Waals surface area contributed by atoms with E-state index in [1.807, 2.05) is 0 Å². The van der Waals surface area contributed by atoms with Crippen molar-refractivity contribution >= 4 is 11.9 Å². The normalized spacial score (nSPS) is 14.5. The second-order valence-corrected chi connectivity index (χ2v) is 4.22. The van der Waals surface area contributed by atoms with Crippen molar-refractivity contribution < 1.29 is 14.7 Å². The Morgan fingerprint density at radius 3 is 2.40 bits per heavy atom. The fourth-order valence-corrected chi connectivity index (χ4v) is 1.63. The summed E-state index contributed by atoms with van der Waals surface area (Å²) in [7, 11) is 0. The van der Waals surface area contributed by atoms with Crippen LogP contribution in [0.4, 0.5) is 0 Å². The van der Waals surface area contributed by atoms with Gasteiger partial charge >= 0.3 is 5.97 Å². The van der Waals surface area contributed by atoms with E-state index >= 15 is 0 Å². The van der Waals surface area contributed by atoms with E-state index in [1.54, 1.807) is 0 Å². The zero-order chi connectivity index (χ0) is 11.8. The van der Waals surface area contributed by atoms with Gasteiger partial charge in [-0.2, -0.15) is 0 Å². The first-order valence-electron chi connectivity index (χ1n) is 5.45. The first-order chi connectivity index (χ1) is 6.95. The van der Waals surface area contributed by atoms with E-state index in [4.69, 9.17) is 10.8 Å². The predicted octanol–water partition coefficient (Wildman–Crippen LogP) is 1.78. The van der Waals surface area contributed by atoms with Gasteiger partial charge in [-0.3, -0.25) is 9.59 Å². The number of carbonyl (C=O) groups is 2. The highest BCUT2D eigenvalue weighted by Gasteiger charge is 2.16. The van der Waals surface area contributed by atoms with Crippen LogP contribution >= 0.6 is 0 Å². The van der Waals surface area contributed by atoms with Gasteiger partial charge in [0.05, 0.1) is 0 Å². The number of nitrogens with two attached hydrogens (primary N) is 1. The Kier molecular flexibility index (Phi) is 6.75. The van der Waals surface area contributed by atoms with Crippen molar-refractivity contribution in [2.75, 3.05) is 0 Å². The van der Waals surface area contributed by atoms with Gasteiger partial charge in [0.15, 0.2) is 0 Å².